The van der Waals surface area contributed by atoms with Crippen molar-refractivity contribution in [1.29, 1.82) is 0 Å². The summed E-state index contributed by atoms with van der Waals surface area (Å²) in [5.74, 6) is -0.752. The molecule has 0 aliphatic heterocycles. The topological polar surface area (TPSA) is 86.9 Å². The number of carbonyl (C=O) groups is 1. The Morgan fingerprint density at radius 2 is 2.00 bits per heavy atom. The first-order valence-corrected chi connectivity index (χ1v) is 5.59. The summed E-state index contributed by atoms with van der Waals surface area (Å²) < 4.78 is 39.9. The maximum atomic E-state index is 12.9. The van der Waals surface area contributed by atoms with Crippen LogP contribution in [0.25, 0.3) is 5.69 Å². The lowest BCUT2D eigenvalue weighted by Gasteiger charge is -2.13. The van der Waals surface area contributed by atoms with Gasteiger partial charge in [0.25, 0.3) is 5.91 Å². The van der Waals surface area contributed by atoms with E-state index in [-0.39, 0.29) is 23.5 Å². The summed E-state index contributed by atoms with van der Waals surface area (Å²) in [4.78, 5) is 10.9. The van der Waals surface area contributed by atoms with E-state index in [2.05, 4.69) is 5.10 Å². The van der Waals surface area contributed by atoms with Gasteiger partial charge in [-0.2, -0.15) is 18.3 Å². The molecule has 0 atom stereocenters. The fourth-order valence-electron chi connectivity index (χ4n) is 1.75. The molecule has 2 aromatic rings. The Labute approximate surface area is 112 Å². The molecule has 2 rings (SSSR count). The molecule has 1 heterocycles. The van der Waals surface area contributed by atoms with Gasteiger partial charge in [-0.05, 0) is 23.8 Å². The van der Waals surface area contributed by atoms with Crippen molar-refractivity contribution in [3.63, 3.8) is 0 Å². The molecular weight excluding hydrogens is 273 g/mol. The first-order valence-electron chi connectivity index (χ1n) is 5.59. The van der Waals surface area contributed by atoms with Crippen LogP contribution in [-0.2, 0) is 12.7 Å². The number of nitrogens with two attached hydrogens (primary N) is 2. The summed E-state index contributed by atoms with van der Waals surface area (Å²) in [6.07, 6.45) is -3.15. The van der Waals surface area contributed by atoms with Gasteiger partial charge in [-0.15, -0.1) is 0 Å². The van der Waals surface area contributed by atoms with Crippen molar-refractivity contribution < 1.29 is 18.0 Å². The highest BCUT2D eigenvalue weighted by molar-refractivity contribution is 5.90. The number of carbonyl (C=O) groups excluding carboxylic acids is 1. The van der Waals surface area contributed by atoms with Crippen molar-refractivity contribution in [2.45, 2.75) is 12.7 Å². The van der Waals surface area contributed by atoms with Crippen molar-refractivity contribution in [1.82, 2.24) is 9.78 Å². The van der Waals surface area contributed by atoms with Crippen molar-refractivity contribution in [2.75, 3.05) is 0 Å². The maximum absolute atomic E-state index is 12.9. The molecular formula is C12H11F3N4O. The van der Waals surface area contributed by atoms with Gasteiger partial charge < -0.3 is 11.5 Å². The minimum Gasteiger partial charge on any atom is -0.364 e. The van der Waals surface area contributed by atoms with Crippen LogP contribution in [0.5, 0.6) is 0 Å². The molecule has 0 radical (unpaired) electrons. The minimum absolute atomic E-state index is 0.0106. The van der Waals surface area contributed by atoms with E-state index in [0.717, 1.165) is 10.7 Å². The number of nitrogens with zero attached hydrogens (tertiary/aromatic N) is 2. The van der Waals surface area contributed by atoms with E-state index in [0.29, 0.717) is 0 Å². The van der Waals surface area contributed by atoms with Crippen LogP contribution in [0.2, 0.25) is 0 Å². The van der Waals surface area contributed by atoms with Gasteiger partial charge >= 0.3 is 6.18 Å². The third-order valence-electron chi connectivity index (χ3n) is 2.72. The Bertz CT molecular complexity index is 648. The van der Waals surface area contributed by atoms with Crippen LogP contribution in [0.3, 0.4) is 0 Å². The zero-order valence-corrected chi connectivity index (χ0v) is 10.2. The van der Waals surface area contributed by atoms with E-state index in [1.54, 1.807) is 0 Å². The highest BCUT2D eigenvalue weighted by Gasteiger charge is 2.33. The molecule has 0 unspecified atom stereocenters. The lowest BCUT2D eigenvalue weighted by molar-refractivity contribution is -0.138. The third kappa shape index (κ3) is 2.64. The number of halogens is 3. The van der Waals surface area contributed by atoms with Gasteiger partial charge in [0.2, 0.25) is 0 Å². The molecule has 0 spiro atoms. The molecule has 1 aromatic carbocycles. The summed E-state index contributed by atoms with van der Waals surface area (Å²) in [5, 5.41) is 3.80. The quantitative estimate of drug-likeness (QED) is 0.894. The second-order valence-corrected chi connectivity index (χ2v) is 4.05. The second-order valence-electron chi connectivity index (χ2n) is 4.05. The number of rotatable bonds is 3. The third-order valence-corrected chi connectivity index (χ3v) is 2.72. The number of hydrogen-bond acceptors (Lipinski definition) is 3. The molecule has 1 amide bonds. The van der Waals surface area contributed by atoms with Crippen LogP contribution >= 0.6 is 0 Å². The smallest absolute Gasteiger partial charge is 0.364 e. The molecule has 4 N–H and O–H groups in total. The number of hydrogen-bond donors (Lipinski definition) is 2. The largest absolute Gasteiger partial charge is 0.416 e. The van der Waals surface area contributed by atoms with E-state index in [9.17, 15) is 18.0 Å². The Morgan fingerprint density at radius 1 is 1.30 bits per heavy atom. The fourth-order valence-corrected chi connectivity index (χ4v) is 1.75. The molecule has 0 aliphatic rings. The van der Waals surface area contributed by atoms with Crippen molar-refractivity contribution in [2.24, 2.45) is 11.5 Å². The monoisotopic (exact) mass is 284 g/mol. The van der Waals surface area contributed by atoms with Gasteiger partial charge in [0.1, 0.15) is 5.69 Å². The highest BCUT2D eigenvalue weighted by atomic mass is 19.4. The molecule has 0 fully saturated rings. The average molecular weight is 284 g/mol. The Morgan fingerprint density at radius 3 is 2.50 bits per heavy atom. The normalized spacial score (nSPS) is 11.6. The van der Waals surface area contributed by atoms with E-state index < -0.39 is 17.6 Å². The van der Waals surface area contributed by atoms with Gasteiger partial charge in [0.05, 0.1) is 11.3 Å². The van der Waals surface area contributed by atoms with Crippen LogP contribution in [-0.4, -0.2) is 15.7 Å². The molecule has 106 valence electrons. The summed E-state index contributed by atoms with van der Waals surface area (Å²) in [7, 11) is 0. The van der Waals surface area contributed by atoms with Crippen LogP contribution in [0.4, 0.5) is 13.2 Å². The molecule has 1 aromatic heterocycles. The van der Waals surface area contributed by atoms with Gasteiger partial charge in [-0.25, -0.2) is 4.68 Å². The lowest BCUT2D eigenvalue weighted by Crippen LogP contribution is -2.14. The molecule has 0 saturated carbocycles. The number of aromatic nitrogens is 2. The first kappa shape index (κ1) is 14.1. The molecule has 5 nitrogen and oxygen atoms in total. The standard InChI is InChI=1S/C12H11F3N4O/c13-12(14,15)9-5-8(2-1-7(9)6-16)19-4-3-10(18-19)11(17)20/h1-5H,6,16H2,(H2,17,20). The van der Waals surface area contributed by atoms with Crippen LogP contribution < -0.4 is 11.5 Å². The van der Waals surface area contributed by atoms with Crippen LogP contribution in [0, 0.1) is 0 Å². The SMILES string of the molecule is NCc1ccc(-n2ccc(C(N)=O)n2)cc1C(F)(F)F. The summed E-state index contributed by atoms with van der Waals surface area (Å²) in [6, 6.07) is 4.98. The fraction of sp³-hybridized carbons (Fsp3) is 0.167. The highest BCUT2D eigenvalue weighted by Crippen LogP contribution is 2.33. The molecule has 20 heavy (non-hydrogen) atoms. The number of amides is 1. The Balaban J connectivity index is 2.50. The Hall–Kier alpha value is -2.35. The zero-order chi connectivity index (χ0) is 14.9. The lowest BCUT2D eigenvalue weighted by atomic mass is 10.1. The number of benzene rings is 1. The van der Waals surface area contributed by atoms with Crippen molar-refractivity contribution in [3.05, 3.63) is 47.3 Å². The van der Waals surface area contributed by atoms with Crippen LogP contribution in [0.15, 0.2) is 30.5 Å². The average Bonchev–Trinajstić information content (AvgIpc) is 2.86. The molecule has 0 bridgehead atoms. The summed E-state index contributed by atoms with van der Waals surface area (Å²) >= 11 is 0. The summed E-state index contributed by atoms with van der Waals surface area (Å²) in [5.41, 5.74) is 9.64. The molecule has 0 aliphatic carbocycles. The van der Waals surface area contributed by atoms with Crippen molar-refractivity contribution >= 4 is 5.91 Å². The van der Waals surface area contributed by atoms with E-state index >= 15 is 0 Å². The van der Waals surface area contributed by atoms with Crippen molar-refractivity contribution in [3.8, 4) is 5.69 Å². The second kappa shape index (κ2) is 4.97. The predicted octanol–water partition coefficient (Wildman–Crippen LogP) is 1.45. The van der Waals surface area contributed by atoms with Gasteiger partial charge in [0.15, 0.2) is 0 Å². The minimum atomic E-state index is -4.51. The van der Waals surface area contributed by atoms with Gasteiger partial charge in [-0.1, -0.05) is 6.07 Å². The molecule has 8 heteroatoms. The first-order chi connectivity index (χ1) is 9.32. The van der Waals surface area contributed by atoms with E-state index in [4.69, 9.17) is 11.5 Å². The summed E-state index contributed by atoms with van der Waals surface area (Å²) in [6.45, 7) is -0.221. The molecule has 0 saturated heterocycles. The predicted molar refractivity (Wildman–Crippen MR) is 65.0 cm³/mol. The maximum Gasteiger partial charge on any atom is 0.416 e. The number of primary amides is 1. The van der Waals surface area contributed by atoms with Gasteiger partial charge in [-0.3, -0.25) is 4.79 Å². The Kier molecular flexibility index (Phi) is 3.49. The van der Waals surface area contributed by atoms with E-state index in [1.165, 1.54) is 24.4 Å². The van der Waals surface area contributed by atoms with E-state index in [1.807, 2.05) is 0 Å². The number of alkyl halides is 3. The van der Waals surface area contributed by atoms with Gasteiger partial charge in [0, 0.05) is 12.7 Å². The zero-order valence-electron chi connectivity index (χ0n) is 10.2. The van der Waals surface area contributed by atoms with Crippen LogP contribution in [0.1, 0.15) is 21.6 Å².